The summed E-state index contributed by atoms with van der Waals surface area (Å²) in [6, 6.07) is 9.19. The third-order valence-corrected chi connectivity index (χ3v) is 5.00. The van der Waals surface area contributed by atoms with Gasteiger partial charge in [-0.15, -0.1) is 0 Å². The number of hydrazine groups is 1. The maximum atomic E-state index is 13.1. The van der Waals surface area contributed by atoms with E-state index in [1.54, 1.807) is 18.7 Å². The molecule has 1 aliphatic rings. The van der Waals surface area contributed by atoms with Gasteiger partial charge < -0.3 is 10.2 Å². The van der Waals surface area contributed by atoms with Crippen molar-refractivity contribution in [1.29, 1.82) is 0 Å². The first kappa shape index (κ1) is 17.4. The molecule has 4 rings (SSSR count). The zero-order chi connectivity index (χ0) is 19.1. The van der Waals surface area contributed by atoms with Gasteiger partial charge in [-0.1, -0.05) is 18.2 Å². The Bertz CT molecular complexity index is 1110. The van der Waals surface area contributed by atoms with Crippen molar-refractivity contribution < 1.29 is 4.74 Å². The maximum Gasteiger partial charge on any atom is 0.279 e. The van der Waals surface area contributed by atoms with Gasteiger partial charge in [0.1, 0.15) is 5.69 Å². The van der Waals surface area contributed by atoms with Crippen LogP contribution in [-0.4, -0.2) is 40.7 Å². The van der Waals surface area contributed by atoms with Crippen molar-refractivity contribution in [2.24, 2.45) is 7.05 Å². The molecule has 1 saturated heterocycles. The standard InChI is InChI=1S/C19H20N4O4/c1-12-14(19(26)23(21(12)2)13-6-4-3-5-7-13)15-16(18(25)17(15)24)20-22-8-10-27-11-9-22/h3-7,20H,8-11H2,1-2H3. The number of nitrogens with one attached hydrogen (secondary N) is 1. The van der Waals surface area contributed by atoms with Crippen LogP contribution >= 0.6 is 0 Å². The van der Waals surface area contributed by atoms with Gasteiger partial charge in [0.15, 0.2) is 0 Å². The highest BCUT2D eigenvalue weighted by atomic mass is 16.5. The van der Waals surface area contributed by atoms with Gasteiger partial charge in [-0.05, 0) is 19.1 Å². The van der Waals surface area contributed by atoms with Crippen LogP contribution in [0, 0.1) is 6.92 Å². The number of para-hydroxylation sites is 1. The third-order valence-electron chi connectivity index (χ3n) is 5.00. The average Bonchev–Trinajstić information content (AvgIpc) is 2.92. The van der Waals surface area contributed by atoms with Crippen LogP contribution in [0.15, 0.2) is 44.7 Å². The molecule has 2 heterocycles. The second kappa shape index (κ2) is 6.64. The van der Waals surface area contributed by atoms with Gasteiger partial charge in [-0.2, -0.15) is 0 Å². The molecule has 2 aromatic carbocycles. The van der Waals surface area contributed by atoms with Gasteiger partial charge in [-0.25, -0.2) is 9.69 Å². The zero-order valence-electron chi connectivity index (χ0n) is 15.2. The minimum Gasteiger partial charge on any atom is -0.379 e. The van der Waals surface area contributed by atoms with E-state index in [4.69, 9.17) is 4.74 Å². The number of nitrogens with zero attached hydrogens (tertiary/aromatic N) is 3. The summed E-state index contributed by atoms with van der Waals surface area (Å²) in [5.74, 6) is 0. The van der Waals surface area contributed by atoms with Gasteiger partial charge in [0.05, 0.1) is 30.0 Å². The Labute approximate surface area is 154 Å². The second-order valence-corrected chi connectivity index (χ2v) is 6.56. The first-order valence-corrected chi connectivity index (χ1v) is 8.77. The predicted molar refractivity (Wildman–Crippen MR) is 102 cm³/mol. The van der Waals surface area contributed by atoms with Crippen LogP contribution in [0.5, 0.6) is 0 Å². The monoisotopic (exact) mass is 368 g/mol. The Morgan fingerprint density at radius 2 is 1.63 bits per heavy atom. The Hall–Kier alpha value is -2.97. The van der Waals surface area contributed by atoms with E-state index in [-0.39, 0.29) is 22.4 Å². The molecule has 1 N–H and O–H groups in total. The third kappa shape index (κ3) is 2.73. The van der Waals surface area contributed by atoms with Gasteiger partial charge in [0, 0.05) is 25.8 Å². The molecule has 0 radical (unpaired) electrons. The Balaban J connectivity index is 1.82. The van der Waals surface area contributed by atoms with E-state index in [1.807, 2.05) is 35.3 Å². The molecule has 8 heteroatoms. The Kier molecular flexibility index (Phi) is 4.29. The quantitative estimate of drug-likeness (QED) is 0.672. The molecular weight excluding hydrogens is 348 g/mol. The molecule has 0 saturated carbocycles. The summed E-state index contributed by atoms with van der Waals surface area (Å²) in [7, 11) is 1.76. The van der Waals surface area contributed by atoms with Crippen molar-refractivity contribution in [2.75, 3.05) is 31.7 Å². The highest BCUT2D eigenvalue weighted by molar-refractivity contribution is 5.82. The fourth-order valence-corrected chi connectivity index (χ4v) is 3.43. The topological polar surface area (TPSA) is 85.6 Å². The summed E-state index contributed by atoms with van der Waals surface area (Å²) in [4.78, 5) is 37.6. The van der Waals surface area contributed by atoms with E-state index in [9.17, 15) is 14.4 Å². The molecule has 0 spiro atoms. The van der Waals surface area contributed by atoms with E-state index >= 15 is 0 Å². The number of aromatic nitrogens is 2. The van der Waals surface area contributed by atoms with Crippen LogP contribution in [0.3, 0.4) is 0 Å². The van der Waals surface area contributed by atoms with Crippen LogP contribution in [0.4, 0.5) is 5.69 Å². The molecular formula is C19H20N4O4. The molecule has 27 heavy (non-hydrogen) atoms. The minimum atomic E-state index is -0.628. The summed E-state index contributed by atoms with van der Waals surface area (Å²) in [6.45, 7) is 4.05. The summed E-state index contributed by atoms with van der Waals surface area (Å²) in [6.07, 6.45) is 0. The van der Waals surface area contributed by atoms with Crippen molar-refractivity contribution in [2.45, 2.75) is 6.92 Å². The van der Waals surface area contributed by atoms with Crippen molar-refractivity contribution in [3.05, 3.63) is 66.8 Å². The molecule has 0 unspecified atom stereocenters. The van der Waals surface area contributed by atoms with Gasteiger partial charge in [0.2, 0.25) is 5.43 Å². The van der Waals surface area contributed by atoms with E-state index < -0.39 is 10.9 Å². The number of anilines is 1. The SMILES string of the molecule is Cc1c(-c2c(NN3CCOCC3)c(=O)c2=O)c(=O)n(-c2ccccc2)n1C. The summed E-state index contributed by atoms with van der Waals surface area (Å²) < 4.78 is 8.49. The lowest BCUT2D eigenvalue weighted by Gasteiger charge is -2.28. The molecule has 0 amide bonds. The van der Waals surface area contributed by atoms with Gasteiger partial charge >= 0.3 is 0 Å². The molecule has 0 atom stereocenters. The fraction of sp³-hybridized carbons (Fsp3) is 0.316. The van der Waals surface area contributed by atoms with Crippen molar-refractivity contribution in [1.82, 2.24) is 14.4 Å². The van der Waals surface area contributed by atoms with E-state index in [2.05, 4.69) is 5.43 Å². The molecule has 0 bridgehead atoms. The molecule has 3 aromatic rings. The largest absolute Gasteiger partial charge is 0.379 e. The van der Waals surface area contributed by atoms with E-state index in [1.165, 1.54) is 4.68 Å². The molecule has 1 aliphatic heterocycles. The summed E-state index contributed by atoms with van der Waals surface area (Å²) >= 11 is 0. The summed E-state index contributed by atoms with van der Waals surface area (Å²) in [5, 5.41) is 1.83. The smallest absolute Gasteiger partial charge is 0.279 e. The predicted octanol–water partition coefficient (Wildman–Crippen LogP) is 0.407. The second-order valence-electron chi connectivity index (χ2n) is 6.56. The molecule has 0 aliphatic carbocycles. The average molecular weight is 368 g/mol. The molecule has 8 nitrogen and oxygen atoms in total. The lowest BCUT2D eigenvalue weighted by atomic mass is 9.99. The number of hydrogen-bond acceptors (Lipinski definition) is 6. The lowest BCUT2D eigenvalue weighted by Crippen LogP contribution is -2.46. The highest BCUT2D eigenvalue weighted by Gasteiger charge is 2.30. The number of ether oxygens (including phenoxy) is 1. The van der Waals surface area contributed by atoms with Crippen molar-refractivity contribution >= 4 is 5.69 Å². The van der Waals surface area contributed by atoms with Crippen molar-refractivity contribution in [3.8, 4) is 16.8 Å². The number of hydrogen-bond donors (Lipinski definition) is 1. The fourth-order valence-electron chi connectivity index (χ4n) is 3.43. The highest BCUT2D eigenvalue weighted by Crippen LogP contribution is 2.25. The van der Waals surface area contributed by atoms with Crippen molar-refractivity contribution in [3.63, 3.8) is 0 Å². The first-order chi connectivity index (χ1) is 13.0. The summed E-state index contributed by atoms with van der Waals surface area (Å²) in [5.41, 5.74) is 3.41. The van der Waals surface area contributed by atoms with E-state index in [0.29, 0.717) is 37.7 Å². The number of morpholine rings is 1. The number of benzene rings is 1. The molecule has 1 fully saturated rings. The lowest BCUT2D eigenvalue weighted by molar-refractivity contribution is 0.0496. The van der Waals surface area contributed by atoms with Crippen LogP contribution in [0.25, 0.3) is 16.8 Å². The Morgan fingerprint density at radius 1 is 0.963 bits per heavy atom. The van der Waals surface area contributed by atoms with Gasteiger partial charge in [-0.3, -0.25) is 19.1 Å². The van der Waals surface area contributed by atoms with Crippen LogP contribution < -0.4 is 21.8 Å². The minimum absolute atomic E-state index is 0.166. The molecule has 1 aromatic heterocycles. The van der Waals surface area contributed by atoms with E-state index in [0.717, 1.165) is 0 Å². The maximum absolute atomic E-state index is 13.1. The van der Waals surface area contributed by atoms with Crippen LogP contribution in [0.2, 0.25) is 0 Å². The van der Waals surface area contributed by atoms with Crippen LogP contribution in [0.1, 0.15) is 5.69 Å². The first-order valence-electron chi connectivity index (χ1n) is 8.77. The zero-order valence-corrected chi connectivity index (χ0v) is 15.2. The molecule has 140 valence electrons. The van der Waals surface area contributed by atoms with Gasteiger partial charge in [0.25, 0.3) is 11.0 Å². The normalized spacial score (nSPS) is 15.3. The van der Waals surface area contributed by atoms with Crippen LogP contribution in [-0.2, 0) is 11.8 Å². The number of rotatable bonds is 4. The Morgan fingerprint density at radius 3 is 2.30 bits per heavy atom.